The van der Waals surface area contributed by atoms with Crippen molar-refractivity contribution in [1.29, 1.82) is 0 Å². The predicted octanol–water partition coefficient (Wildman–Crippen LogP) is 0.420. The van der Waals surface area contributed by atoms with Crippen molar-refractivity contribution in [1.82, 2.24) is 4.98 Å². The van der Waals surface area contributed by atoms with Crippen molar-refractivity contribution in [3.63, 3.8) is 0 Å². The normalized spacial score (nSPS) is 11.9. The molecule has 0 aliphatic heterocycles. The molecule has 0 bridgehead atoms. The van der Waals surface area contributed by atoms with Crippen molar-refractivity contribution in [2.75, 3.05) is 0 Å². The lowest BCUT2D eigenvalue weighted by atomic mass is 10.0. The van der Waals surface area contributed by atoms with Gasteiger partial charge in [-0.05, 0) is 0 Å². The van der Waals surface area contributed by atoms with Crippen molar-refractivity contribution in [3.8, 4) is 0 Å². The lowest BCUT2D eigenvalue weighted by Crippen LogP contribution is -2.17. The third kappa shape index (κ3) is 1.31. The Labute approximate surface area is 60.3 Å². The summed E-state index contributed by atoms with van der Waals surface area (Å²) < 4.78 is 35.6. The van der Waals surface area contributed by atoms with Crippen LogP contribution in [-0.4, -0.2) is 12.8 Å². The van der Waals surface area contributed by atoms with Crippen molar-refractivity contribution in [2.45, 2.75) is 6.18 Å². The second-order valence-electron chi connectivity index (χ2n) is 1.76. The fourth-order valence-electron chi connectivity index (χ4n) is 0.574. The molecule has 0 amide bonds. The smallest absolute Gasteiger partial charge is 0.260 e. The van der Waals surface area contributed by atoms with Gasteiger partial charge >= 0.3 is 6.18 Å². The molecule has 6 heteroatoms. The Morgan fingerprint density at radius 2 is 2.10 bits per heavy atom. The lowest BCUT2D eigenvalue weighted by Gasteiger charge is -2.01. The van der Waals surface area contributed by atoms with Crippen LogP contribution in [0.15, 0.2) is 5.51 Å². The third-order valence-corrected chi connectivity index (χ3v) is 1.98. The first kappa shape index (κ1) is 7.59. The Balaban J connectivity index is 3.05. The maximum absolute atomic E-state index is 11.9. The largest absolute Gasteiger partial charge is 0.426 e. The van der Waals surface area contributed by atoms with Crippen LogP contribution in [-0.2, 0) is 6.18 Å². The van der Waals surface area contributed by atoms with E-state index in [9.17, 15) is 13.2 Å². The van der Waals surface area contributed by atoms with Gasteiger partial charge in [-0.25, -0.2) is 0 Å². The van der Waals surface area contributed by atoms with E-state index in [1.807, 2.05) is 0 Å². The number of aromatic nitrogens is 1. The molecule has 0 atom stereocenters. The van der Waals surface area contributed by atoms with E-state index < -0.39 is 11.1 Å². The van der Waals surface area contributed by atoms with E-state index in [1.54, 1.807) is 0 Å². The maximum Gasteiger partial charge on any atom is 0.426 e. The average molecular weight is 165 g/mol. The van der Waals surface area contributed by atoms with E-state index in [4.69, 9.17) is 0 Å². The number of hydrogen-bond donors (Lipinski definition) is 0. The zero-order valence-electron chi connectivity index (χ0n) is 5.07. The molecule has 0 aromatic carbocycles. The highest BCUT2D eigenvalue weighted by Gasteiger charge is 2.33. The Morgan fingerprint density at radius 3 is 2.30 bits per heavy atom. The van der Waals surface area contributed by atoms with Gasteiger partial charge in [0.1, 0.15) is 4.88 Å². The van der Waals surface area contributed by atoms with Crippen molar-refractivity contribution < 1.29 is 13.2 Å². The van der Waals surface area contributed by atoms with Crippen molar-refractivity contribution in [3.05, 3.63) is 10.4 Å². The molecule has 1 rings (SSSR count). The maximum atomic E-state index is 11.9. The highest BCUT2D eigenvalue weighted by Crippen LogP contribution is 2.29. The first-order valence-corrected chi connectivity index (χ1v) is 3.37. The molecule has 0 aliphatic rings. The van der Waals surface area contributed by atoms with E-state index in [1.165, 1.54) is 13.4 Å². The van der Waals surface area contributed by atoms with Crippen LogP contribution in [0.3, 0.4) is 0 Å². The Hall–Kier alpha value is -0.515. The van der Waals surface area contributed by atoms with Crippen LogP contribution in [0.2, 0.25) is 0 Å². The summed E-state index contributed by atoms with van der Waals surface area (Å²) >= 11 is 0.620. The average Bonchev–Trinajstić information content (AvgIpc) is 2.11. The van der Waals surface area contributed by atoms with E-state index in [0.717, 1.165) is 0 Å². The molecule has 0 N–H and O–H groups in total. The molecule has 0 fully saturated rings. The lowest BCUT2D eigenvalue weighted by molar-refractivity contribution is -0.133. The minimum absolute atomic E-state index is 0.0532. The molecule has 0 unspecified atom stereocenters. The van der Waals surface area contributed by atoms with Gasteiger partial charge in [-0.2, -0.15) is 13.2 Å². The van der Waals surface area contributed by atoms with Crippen LogP contribution in [0.4, 0.5) is 13.2 Å². The van der Waals surface area contributed by atoms with E-state index in [0.29, 0.717) is 11.3 Å². The van der Waals surface area contributed by atoms with Crippen molar-refractivity contribution in [2.24, 2.45) is 0 Å². The zero-order chi connectivity index (χ0) is 7.78. The molecule has 1 aromatic heterocycles. The second kappa shape index (κ2) is 2.27. The first-order valence-electron chi connectivity index (χ1n) is 2.49. The SMILES string of the molecule is Bc1ncsc1C(F)(F)F. The topological polar surface area (TPSA) is 12.9 Å². The number of hydrogen-bond acceptors (Lipinski definition) is 2. The summed E-state index contributed by atoms with van der Waals surface area (Å²) in [5.74, 6) is 0. The highest BCUT2D eigenvalue weighted by molar-refractivity contribution is 7.10. The van der Waals surface area contributed by atoms with E-state index in [-0.39, 0.29) is 5.59 Å². The Kier molecular flexibility index (Phi) is 1.72. The number of thiazole rings is 1. The summed E-state index contributed by atoms with van der Waals surface area (Å²) in [7, 11) is 1.35. The van der Waals surface area contributed by atoms with Crippen LogP contribution in [0.1, 0.15) is 4.88 Å². The van der Waals surface area contributed by atoms with Crippen LogP contribution >= 0.6 is 11.3 Å². The summed E-state index contributed by atoms with van der Waals surface area (Å²) in [6.45, 7) is 0. The molecule has 0 aliphatic carbocycles. The van der Waals surface area contributed by atoms with Crippen LogP contribution in [0, 0.1) is 0 Å². The Morgan fingerprint density at radius 1 is 1.50 bits per heavy atom. The van der Waals surface area contributed by atoms with Gasteiger partial charge in [-0.3, -0.25) is 4.98 Å². The third-order valence-electron chi connectivity index (χ3n) is 1.00. The fourth-order valence-corrected chi connectivity index (χ4v) is 1.25. The molecule has 0 spiro atoms. The Bertz CT molecular complexity index is 231. The van der Waals surface area contributed by atoms with Crippen molar-refractivity contribution >= 4 is 24.8 Å². The summed E-state index contributed by atoms with van der Waals surface area (Å²) in [6, 6.07) is 0. The number of alkyl halides is 3. The van der Waals surface area contributed by atoms with E-state index >= 15 is 0 Å². The summed E-state index contributed by atoms with van der Waals surface area (Å²) in [6.07, 6.45) is -4.23. The van der Waals surface area contributed by atoms with Gasteiger partial charge in [0, 0.05) is 5.59 Å². The van der Waals surface area contributed by atoms with E-state index in [2.05, 4.69) is 4.98 Å². The van der Waals surface area contributed by atoms with Gasteiger partial charge in [0.2, 0.25) is 0 Å². The highest BCUT2D eigenvalue weighted by atomic mass is 32.1. The van der Waals surface area contributed by atoms with Crippen LogP contribution in [0.5, 0.6) is 0 Å². The molecule has 10 heavy (non-hydrogen) atoms. The molecule has 1 nitrogen and oxygen atoms in total. The van der Waals surface area contributed by atoms with Gasteiger partial charge in [-0.1, -0.05) is 0 Å². The monoisotopic (exact) mass is 165 g/mol. The molecule has 1 heterocycles. The van der Waals surface area contributed by atoms with Gasteiger partial charge in [0.05, 0.1) is 5.51 Å². The summed E-state index contributed by atoms with van der Waals surface area (Å²) in [5, 5.41) is 0. The number of halogens is 3. The quantitative estimate of drug-likeness (QED) is 0.507. The molecule has 0 radical (unpaired) electrons. The molecule has 0 saturated heterocycles. The minimum atomic E-state index is -4.23. The van der Waals surface area contributed by atoms with Gasteiger partial charge in [-0.15, -0.1) is 11.3 Å². The molecule has 54 valence electrons. The number of nitrogens with zero attached hydrogens (tertiary/aromatic N) is 1. The standard InChI is InChI=1S/C4H3BF3NS/c5-3-2(4(6,7)8)10-1-9-3/h1H,5H2. The summed E-state index contributed by atoms with van der Waals surface area (Å²) in [4.78, 5) is 2.88. The molecule has 0 saturated carbocycles. The molecular weight excluding hydrogens is 162 g/mol. The molecular formula is C4H3BF3NS. The van der Waals surface area contributed by atoms with Gasteiger partial charge < -0.3 is 0 Å². The van der Waals surface area contributed by atoms with Crippen LogP contribution in [0.25, 0.3) is 0 Å². The first-order chi connectivity index (χ1) is 4.52. The summed E-state index contributed by atoms with van der Waals surface area (Å²) in [5.41, 5.74) is 1.25. The van der Waals surface area contributed by atoms with Crippen LogP contribution < -0.4 is 5.59 Å². The van der Waals surface area contributed by atoms with Gasteiger partial charge in [0.25, 0.3) is 0 Å². The fraction of sp³-hybridized carbons (Fsp3) is 0.250. The minimum Gasteiger partial charge on any atom is -0.260 e. The number of rotatable bonds is 0. The van der Waals surface area contributed by atoms with Gasteiger partial charge in [0.15, 0.2) is 7.85 Å². The zero-order valence-corrected chi connectivity index (χ0v) is 5.88. The molecule has 1 aromatic rings. The predicted molar refractivity (Wildman–Crippen MR) is 35.3 cm³/mol. The second-order valence-corrected chi connectivity index (χ2v) is 2.62.